The van der Waals surface area contributed by atoms with Gasteiger partial charge in [-0.05, 0) is 55.3 Å². The van der Waals surface area contributed by atoms with E-state index in [0.29, 0.717) is 11.1 Å². The van der Waals surface area contributed by atoms with Gasteiger partial charge < -0.3 is 15.0 Å². The lowest BCUT2D eigenvalue weighted by Crippen LogP contribution is -2.34. The maximum atomic E-state index is 12.7. The first kappa shape index (κ1) is 18.2. The van der Waals surface area contributed by atoms with Crippen molar-refractivity contribution < 1.29 is 14.3 Å². The molecular formula is C20H19BrN2O3. The molecule has 0 bridgehead atoms. The number of carbonyl (C=O) groups is 2. The highest BCUT2D eigenvalue weighted by Crippen LogP contribution is 2.23. The van der Waals surface area contributed by atoms with Gasteiger partial charge in [0.15, 0.2) is 6.04 Å². The second kappa shape index (κ2) is 7.33. The zero-order valence-corrected chi connectivity index (χ0v) is 16.3. The van der Waals surface area contributed by atoms with Gasteiger partial charge in [-0.2, -0.15) is 0 Å². The Kier molecular flexibility index (Phi) is 5.13. The van der Waals surface area contributed by atoms with E-state index in [0.717, 1.165) is 26.6 Å². The minimum absolute atomic E-state index is 0.330. The second-order valence-electron chi connectivity index (χ2n) is 6.12. The molecule has 3 rings (SSSR count). The highest BCUT2D eigenvalue weighted by Gasteiger charge is 2.24. The molecule has 1 aromatic heterocycles. The molecule has 1 unspecified atom stereocenters. The zero-order valence-electron chi connectivity index (χ0n) is 14.7. The van der Waals surface area contributed by atoms with Crippen molar-refractivity contribution in [3.63, 3.8) is 0 Å². The monoisotopic (exact) mass is 414 g/mol. The molecule has 1 atom stereocenters. The molecule has 0 aliphatic rings. The molecule has 3 aromatic rings. The minimum Gasteiger partial charge on any atom is -0.467 e. The Bertz CT molecular complexity index is 977. The van der Waals surface area contributed by atoms with Crippen molar-refractivity contribution in [2.24, 2.45) is 0 Å². The van der Waals surface area contributed by atoms with E-state index in [1.54, 1.807) is 18.2 Å². The fourth-order valence-electron chi connectivity index (χ4n) is 2.87. The van der Waals surface area contributed by atoms with Crippen LogP contribution in [0.1, 0.15) is 33.2 Å². The van der Waals surface area contributed by atoms with Crippen molar-refractivity contribution in [3.8, 4) is 0 Å². The molecule has 2 N–H and O–H groups in total. The molecule has 0 saturated carbocycles. The Morgan fingerprint density at radius 1 is 1.12 bits per heavy atom. The van der Waals surface area contributed by atoms with Gasteiger partial charge in [0, 0.05) is 26.6 Å². The summed E-state index contributed by atoms with van der Waals surface area (Å²) in [6, 6.07) is 11.7. The van der Waals surface area contributed by atoms with Crippen LogP contribution in [0.5, 0.6) is 0 Å². The number of aryl methyl sites for hydroxylation is 2. The number of hydrogen-bond acceptors (Lipinski definition) is 3. The van der Waals surface area contributed by atoms with Crippen LogP contribution in [0.4, 0.5) is 0 Å². The van der Waals surface area contributed by atoms with Crippen LogP contribution in [0.25, 0.3) is 10.9 Å². The quantitative estimate of drug-likeness (QED) is 0.628. The Morgan fingerprint density at radius 2 is 1.81 bits per heavy atom. The lowest BCUT2D eigenvalue weighted by atomic mass is 10.1. The van der Waals surface area contributed by atoms with Gasteiger partial charge in [-0.15, -0.1) is 0 Å². The first-order valence-corrected chi connectivity index (χ1v) is 8.93. The molecule has 5 nitrogen and oxygen atoms in total. The molecule has 26 heavy (non-hydrogen) atoms. The van der Waals surface area contributed by atoms with Gasteiger partial charge in [0.1, 0.15) is 0 Å². The van der Waals surface area contributed by atoms with Crippen LogP contribution >= 0.6 is 15.9 Å². The number of hydrogen-bond donors (Lipinski definition) is 2. The number of halogens is 1. The number of benzene rings is 2. The number of aromatic nitrogens is 1. The summed E-state index contributed by atoms with van der Waals surface area (Å²) in [5.41, 5.74) is 4.30. The van der Waals surface area contributed by atoms with E-state index < -0.39 is 12.0 Å². The number of esters is 1. The van der Waals surface area contributed by atoms with Crippen molar-refractivity contribution in [1.82, 2.24) is 10.3 Å². The summed E-state index contributed by atoms with van der Waals surface area (Å²) in [6.07, 6.45) is 0. The summed E-state index contributed by atoms with van der Waals surface area (Å²) in [6.45, 7) is 4.00. The fraction of sp³-hybridized carbons (Fsp3) is 0.200. The summed E-state index contributed by atoms with van der Waals surface area (Å²) < 4.78 is 5.74. The Labute approximate surface area is 159 Å². The number of rotatable bonds is 4. The van der Waals surface area contributed by atoms with Gasteiger partial charge in [-0.3, -0.25) is 4.79 Å². The Morgan fingerprint density at radius 3 is 2.46 bits per heavy atom. The van der Waals surface area contributed by atoms with Crippen LogP contribution in [0.2, 0.25) is 0 Å². The number of H-pyrrole nitrogens is 1. The van der Waals surface area contributed by atoms with Gasteiger partial charge >= 0.3 is 5.97 Å². The Balaban J connectivity index is 1.91. The van der Waals surface area contributed by atoms with Gasteiger partial charge in [-0.1, -0.05) is 28.1 Å². The van der Waals surface area contributed by atoms with E-state index in [-0.39, 0.29) is 5.91 Å². The molecular weight excluding hydrogens is 396 g/mol. The molecule has 1 heterocycles. The summed E-state index contributed by atoms with van der Waals surface area (Å²) in [5, 5.41) is 3.77. The van der Waals surface area contributed by atoms with Crippen LogP contribution in [-0.4, -0.2) is 24.0 Å². The maximum Gasteiger partial charge on any atom is 0.333 e. The van der Waals surface area contributed by atoms with Crippen LogP contribution in [-0.2, 0) is 9.53 Å². The molecule has 0 radical (unpaired) electrons. The second-order valence-corrected chi connectivity index (χ2v) is 7.03. The van der Waals surface area contributed by atoms with E-state index in [9.17, 15) is 9.59 Å². The van der Waals surface area contributed by atoms with E-state index in [4.69, 9.17) is 4.74 Å². The average Bonchev–Trinajstić information content (AvgIpc) is 2.93. The van der Waals surface area contributed by atoms with Crippen LogP contribution < -0.4 is 5.32 Å². The number of aromatic amines is 1. The number of carbonyl (C=O) groups excluding carboxylic acids is 2. The van der Waals surface area contributed by atoms with E-state index >= 15 is 0 Å². The molecule has 0 spiro atoms. The van der Waals surface area contributed by atoms with E-state index in [2.05, 4.69) is 26.2 Å². The van der Waals surface area contributed by atoms with E-state index in [1.807, 2.05) is 38.1 Å². The predicted molar refractivity (Wildman–Crippen MR) is 104 cm³/mol. The lowest BCUT2D eigenvalue weighted by Gasteiger charge is -2.17. The fourth-order valence-corrected chi connectivity index (χ4v) is 3.13. The first-order chi connectivity index (χ1) is 12.4. The standard InChI is InChI=1S/C20H19BrN2O3/c1-11-12(2)22-17-9-6-14(10-16(11)17)19(24)23-18(20(25)26-3)13-4-7-15(21)8-5-13/h4-10,18,22H,1-3H3,(H,23,24). The summed E-state index contributed by atoms with van der Waals surface area (Å²) in [4.78, 5) is 28.2. The highest BCUT2D eigenvalue weighted by molar-refractivity contribution is 9.10. The first-order valence-electron chi connectivity index (χ1n) is 8.14. The van der Waals surface area contributed by atoms with E-state index in [1.165, 1.54) is 7.11 Å². The summed E-state index contributed by atoms with van der Waals surface area (Å²) >= 11 is 3.36. The number of nitrogens with one attached hydrogen (secondary N) is 2. The van der Waals surface area contributed by atoms with Gasteiger partial charge in [-0.25, -0.2) is 4.79 Å². The van der Waals surface area contributed by atoms with Gasteiger partial charge in [0.25, 0.3) is 5.91 Å². The third-order valence-electron chi connectivity index (χ3n) is 4.49. The molecule has 0 aliphatic heterocycles. The molecule has 0 fully saturated rings. The van der Waals surface area contributed by atoms with Crippen LogP contribution in [0.3, 0.4) is 0 Å². The number of ether oxygens (including phenoxy) is 1. The van der Waals surface area contributed by atoms with Gasteiger partial charge in [0.05, 0.1) is 7.11 Å². The Hall–Kier alpha value is -2.60. The molecule has 2 aromatic carbocycles. The highest BCUT2D eigenvalue weighted by atomic mass is 79.9. The molecule has 0 aliphatic carbocycles. The minimum atomic E-state index is -0.870. The molecule has 6 heteroatoms. The number of amides is 1. The molecule has 0 saturated heterocycles. The normalized spacial score (nSPS) is 12.0. The lowest BCUT2D eigenvalue weighted by molar-refractivity contribution is -0.143. The topological polar surface area (TPSA) is 71.2 Å². The van der Waals surface area contributed by atoms with Crippen molar-refractivity contribution in [3.05, 3.63) is 69.3 Å². The zero-order chi connectivity index (χ0) is 18.8. The predicted octanol–water partition coefficient (Wildman–Crippen LogP) is 4.19. The third kappa shape index (κ3) is 3.51. The largest absolute Gasteiger partial charge is 0.467 e. The summed E-state index contributed by atoms with van der Waals surface area (Å²) in [7, 11) is 1.30. The average molecular weight is 415 g/mol. The third-order valence-corrected chi connectivity index (χ3v) is 5.01. The summed E-state index contributed by atoms with van der Waals surface area (Å²) in [5.74, 6) is -0.848. The van der Waals surface area contributed by atoms with Crippen molar-refractivity contribution in [1.29, 1.82) is 0 Å². The molecule has 134 valence electrons. The van der Waals surface area contributed by atoms with Crippen molar-refractivity contribution in [2.75, 3.05) is 7.11 Å². The SMILES string of the molecule is COC(=O)C(NC(=O)c1ccc2[nH]c(C)c(C)c2c1)c1ccc(Br)cc1. The van der Waals surface area contributed by atoms with Crippen molar-refractivity contribution in [2.45, 2.75) is 19.9 Å². The van der Waals surface area contributed by atoms with Gasteiger partial charge in [0.2, 0.25) is 0 Å². The van der Waals surface area contributed by atoms with Crippen molar-refractivity contribution >= 4 is 38.7 Å². The molecule has 1 amide bonds. The number of fused-ring (bicyclic) bond motifs is 1. The number of methoxy groups -OCH3 is 1. The van der Waals surface area contributed by atoms with Crippen LogP contribution in [0, 0.1) is 13.8 Å². The van der Waals surface area contributed by atoms with Crippen LogP contribution in [0.15, 0.2) is 46.9 Å². The maximum absolute atomic E-state index is 12.7. The smallest absolute Gasteiger partial charge is 0.333 e.